The Bertz CT molecular complexity index is 375. The van der Waals surface area contributed by atoms with Crippen molar-refractivity contribution in [2.45, 2.75) is 25.8 Å². The number of rotatable bonds is 4. The van der Waals surface area contributed by atoms with Crippen LogP contribution >= 0.6 is 0 Å². The molecule has 3 N–H and O–H groups in total. The number of nitrogens with zero attached hydrogens (tertiary/aromatic N) is 1. The van der Waals surface area contributed by atoms with E-state index >= 15 is 0 Å². The van der Waals surface area contributed by atoms with E-state index in [1.54, 1.807) is 6.07 Å². The maximum Gasteiger partial charge on any atom is 0.125 e. The number of hydrogen-bond acceptors (Lipinski definition) is 3. The van der Waals surface area contributed by atoms with E-state index in [0.717, 1.165) is 6.54 Å². The Morgan fingerprint density at radius 2 is 2.12 bits per heavy atom. The first-order chi connectivity index (χ1) is 8.15. The molecule has 1 fully saturated rings. The van der Waals surface area contributed by atoms with Gasteiger partial charge in [-0.1, -0.05) is 0 Å². The second kappa shape index (κ2) is 5.36. The number of nitrogens with one attached hydrogen (secondary N) is 1. The minimum atomic E-state index is -0.255. The number of likely N-dealkylation sites (tertiary alicyclic amines) is 1. The molecule has 0 radical (unpaired) electrons. The third-order valence-electron chi connectivity index (χ3n) is 3.15. The molecule has 1 atom stereocenters. The Labute approximate surface area is 102 Å². The van der Waals surface area contributed by atoms with Gasteiger partial charge in [0.25, 0.3) is 0 Å². The molecule has 0 amide bonds. The molecule has 17 heavy (non-hydrogen) atoms. The predicted molar refractivity (Wildman–Crippen MR) is 69.6 cm³/mol. The van der Waals surface area contributed by atoms with E-state index in [9.17, 15) is 4.39 Å². The molecule has 0 aliphatic carbocycles. The minimum absolute atomic E-state index is 0.255. The summed E-state index contributed by atoms with van der Waals surface area (Å²) in [4.78, 5) is 2.42. The van der Waals surface area contributed by atoms with Crippen LogP contribution < -0.4 is 11.1 Å². The highest BCUT2D eigenvalue weighted by Gasteiger charge is 2.15. The molecule has 1 unspecified atom stereocenters. The van der Waals surface area contributed by atoms with E-state index in [0.29, 0.717) is 11.4 Å². The lowest BCUT2D eigenvalue weighted by Gasteiger charge is -2.22. The summed E-state index contributed by atoms with van der Waals surface area (Å²) in [7, 11) is 0. The molecule has 4 heteroatoms. The van der Waals surface area contributed by atoms with E-state index in [4.69, 9.17) is 5.73 Å². The third-order valence-corrected chi connectivity index (χ3v) is 3.15. The molecule has 94 valence electrons. The van der Waals surface area contributed by atoms with E-state index in [2.05, 4.69) is 17.1 Å². The molecule has 3 nitrogen and oxygen atoms in total. The zero-order chi connectivity index (χ0) is 12.3. The second-order valence-corrected chi connectivity index (χ2v) is 4.78. The fraction of sp³-hybridized carbons (Fsp3) is 0.538. The predicted octanol–water partition coefficient (Wildman–Crippen LogP) is 2.30. The molecule has 2 rings (SSSR count). The van der Waals surface area contributed by atoms with Crippen LogP contribution in [0.25, 0.3) is 0 Å². The lowest BCUT2D eigenvalue weighted by Crippen LogP contribution is -2.33. The molecule has 1 aliphatic rings. The van der Waals surface area contributed by atoms with Crippen LogP contribution in [0.4, 0.5) is 15.8 Å². The average Bonchev–Trinajstić information content (AvgIpc) is 2.76. The van der Waals surface area contributed by atoms with Crippen molar-refractivity contribution in [1.29, 1.82) is 0 Å². The lowest BCUT2D eigenvalue weighted by molar-refractivity contribution is 0.328. The number of benzene rings is 1. The molecule has 1 aliphatic heterocycles. The summed E-state index contributed by atoms with van der Waals surface area (Å²) >= 11 is 0. The Hall–Kier alpha value is -1.29. The van der Waals surface area contributed by atoms with Gasteiger partial charge in [-0.2, -0.15) is 0 Å². The van der Waals surface area contributed by atoms with Gasteiger partial charge in [-0.3, -0.25) is 0 Å². The number of halogens is 1. The fourth-order valence-corrected chi connectivity index (χ4v) is 2.32. The smallest absolute Gasteiger partial charge is 0.125 e. The van der Waals surface area contributed by atoms with E-state index in [-0.39, 0.29) is 11.9 Å². The summed E-state index contributed by atoms with van der Waals surface area (Å²) in [6.45, 7) is 5.42. The number of hydrogen-bond donors (Lipinski definition) is 2. The summed E-state index contributed by atoms with van der Waals surface area (Å²) in [6.07, 6.45) is 2.57. The highest BCUT2D eigenvalue weighted by Crippen LogP contribution is 2.20. The minimum Gasteiger partial charge on any atom is -0.397 e. The summed E-state index contributed by atoms with van der Waals surface area (Å²) in [5.74, 6) is -0.255. The van der Waals surface area contributed by atoms with Gasteiger partial charge in [-0.25, -0.2) is 4.39 Å². The van der Waals surface area contributed by atoms with Gasteiger partial charge in [0.15, 0.2) is 0 Å². The maximum absolute atomic E-state index is 13.1. The van der Waals surface area contributed by atoms with Gasteiger partial charge in [0.1, 0.15) is 5.82 Å². The van der Waals surface area contributed by atoms with Crippen LogP contribution in [-0.4, -0.2) is 30.6 Å². The van der Waals surface area contributed by atoms with Gasteiger partial charge in [-0.05, 0) is 51.1 Å². The third kappa shape index (κ3) is 3.33. The molecular weight excluding hydrogens is 217 g/mol. The molecule has 1 saturated heterocycles. The number of anilines is 2. The summed E-state index contributed by atoms with van der Waals surface area (Å²) in [6, 6.07) is 4.71. The molecule has 0 aromatic heterocycles. The largest absolute Gasteiger partial charge is 0.397 e. The Morgan fingerprint density at radius 1 is 1.41 bits per heavy atom. The Morgan fingerprint density at radius 3 is 2.82 bits per heavy atom. The monoisotopic (exact) mass is 237 g/mol. The molecule has 1 heterocycles. The van der Waals surface area contributed by atoms with Crippen molar-refractivity contribution in [3.05, 3.63) is 24.0 Å². The zero-order valence-corrected chi connectivity index (χ0v) is 10.2. The van der Waals surface area contributed by atoms with Crippen molar-refractivity contribution >= 4 is 11.4 Å². The number of nitrogen functional groups attached to an aromatic ring is 1. The van der Waals surface area contributed by atoms with Gasteiger partial charge in [0.05, 0.1) is 11.4 Å². The van der Waals surface area contributed by atoms with Crippen molar-refractivity contribution in [2.75, 3.05) is 30.7 Å². The standard InChI is InChI=1S/C13H20FN3/c1-10(9-17-6-2-3-7-17)16-13-8-11(14)4-5-12(13)15/h4-5,8,10,16H,2-3,6-7,9,15H2,1H3. The van der Waals surface area contributed by atoms with Gasteiger partial charge < -0.3 is 16.0 Å². The van der Waals surface area contributed by atoms with Gasteiger partial charge in [0.2, 0.25) is 0 Å². The lowest BCUT2D eigenvalue weighted by atomic mass is 10.2. The van der Waals surface area contributed by atoms with Crippen molar-refractivity contribution in [3.63, 3.8) is 0 Å². The second-order valence-electron chi connectivity index (χ2n) is 4.78. The summed E-state index contributed by atoms with van der Waals surface area (Å²) < 4.78 is 13.1. The average molecular weight is 237 g/mol. The van der Waals surface area contributed by atoms with E-state index < -0.39 is 0 Å². The van der Waals surface area contributed by atoms with Gasteiger partial charge >= 0.3 is 0 Å². The Kier molecular flexibility index (Phi) is 3.84. The van der Waals surface area contributed by atoms with Crippen LogP contribution in [0.5, 0.6) is 0 Å². The first-order valence-electron chi connectivity index (χ1n) is 6.19. The maximum atomic E-state index is 13.1. The zero-order valence-electron chi connectivity index (χ0n) is 10.2. The molecule has 0 spiro atoms. The highest BCUT2D eigenvalue weighted by molar-refractivity contribution is 5.66. The van der Waals surface area contributed by atoms with Crippen LogP contribution in [0, 0.1) is 5.82 Å². The molecular formula is C13H20FN3. The first-order valence-corrected chi connectivity index (χ1v) is 6.19. The van der Waals surface area contributed by atoms with Crippen LogP contribution in [0.15, 0.2) is 18.2 Å². The topological polar surface area (TPSA) is 41.3 Å². The van der Waals surface area contributed by atoms with Crippen molar-refractivity contribution in [2.24, 2.45) is 0 Å². The molecule has 0 saturated carbocycles. The summed E-state index contributed by atoms with van der Waals surface area (Å²) in [5.41, 5.74) is 7.09. The van der Waals surface area contributed by atoms with Crippen LogP contribution in [0.1, 0.15) is 19.8 Å². The Balaban J connectivity index is 1.92. The first kappa shape index (κ1) is 12.2. The molecule has 1 aromatic rings. The van der Waals surface area contributed by atoms with Crippen molar-refractivity contribution < 1.29 is 4.39 Å². The highest BCUT2D eigenvalue weighted by atomic mass is 19.1. The normalized spacial score (nSPS) is 18.2. The number of nitrogens with two attached hydrogens (primary N) is 1. The van der Waals surface area contributed by atoms with E-state index in [1.165, 1.54) is 38.1 Å². The van der Waals surface area contributed by atoms with Crippen LogP contribution in [0.2, 0.25) is 0 Å². The fourth-order valence-electron chi connectivity index (χ4n) is 2.32. The quantitative estimate of drug-likeness (QED) is 0.790. The van der Waals surface area contributed by atoms with Crippen molar-refractivity contribution in [1.82, 2.24) is 4.90 Å². The van der Waals surface area contributed by atoms with Crippen molar-refractivity contribution in [3.8, 4) is 0 Å². The molecule has 1 aromatic carbocycles. The summed E-state index contributed by atoms with van der Waals surface area (Å²) in [5, 5.41) is 3.27. The van der Waals surface area contributed by atoms with Crippen LogP contribution in [-0.2, 0) is 0 Å². The van der Waals surface area contributed by atoms with E-state index in [1.807, 2.05) is 0 Å². The van der Waals surface area contributed by atoms with Gasteiger partial charge in [0, 0.05) is 12.6 Å². The molecule has 0 bridgehead atoms. The van der Waals surface area contributed by atoms with Crippen LogP contribution in [0.3, 0.4) is 0 Å². The van der Waals surface area contributed by atoms with Gasteiger partial charge in [-0.15, -0.1) is 0 Å². The SMILES string of the molecule is CC(CN1CCCC1)Nc1cc(F)ccc1N.